The van der Waals surface area contributed by atoms with E-state index in [1.54, 1.807) is 0 Å². The maximum absolute atomic E-state index is 12.6. The van der Waals surface area contributed by atoms with E-state index in [0.29, 0.717) is 25.7 Å². The molecule has 0 spiro atoms. The van der Waals surface area contributed by atoms with Crippen molar-refractivity contribution >= 4 is 17.9 Å². The van der Waals surface area contributed by atoms with E-state index < -0.39 is 18.1 Å². The molecule has 0 aromatic heterocycles. The molecule has 0 bridgehead atoms. The highest BCUT2D eigenvalue weighted by atomic mass is 16.6. The van der Waals surface area contributed by atoms with Gasteiger partial charge >= 0.3 is 17.9 Å². The van der Waals surface area contributed by atoms with Gasteiger partial charge in [0.2, 0.25) is 0 Å². The third-order valence-corrected chi connectivity index (χ3v) is 8.91. The van der Waals surface area contributed by atoms with Crippen molar-refractivity contribution in [2.24, 2.45) is 0 Å². The number of carbonyl (C=O) groups is 3. The minimum atomic E-state index is -0.877. The highest BCUT2D eigenvalue weighted by molar-refractivity contribution is 5.72. The zero-order valence-corrected chi connectivity index (χ0v) is 32.0. The molecule has 0 rings (SSSR count). The fourth-order valence-corrected chi connectivity index (χ4v) is 5.80. The first kappa shape index (κ1) is 46.1. The van der Waals surface area contributed by atoms with Gasteiger partial charge in [0.1, 0.15) is 6.61 Å². The van der Waals surface area contributed by atoms with Crippen LogP contribution in [-0.2, 0) is 28.6 Å². The summed E-state index contributed by atoms with van der Waals surface area (Å²) in [4.78, 5) is 36.7. The molecular formula is C40H76NO7+. The number of rotatable bonds is 35. The van der Waals surface area contributed by atoms with Crippen molar-refractivity contribution < 1.29 is 38.2 Å². The van der Waals surface area contributed by atoms with Gasteiger partial charge in [-0.3, -0.25) is 9.59 Å². The molecule has 0 aliphatic heterocycles. The molecule has 0 aliphatic carbocycles. The van der Waals surface area contributed by atoms with E-state index >= 15 is 0 Å². The number of ether oxygens (including phenoxy) is 3. The number of hydrogen-bond donors (Lipinski definition) is 1. The van der Waals surface area contributed by atoms with Gasteiger partial charge in [-0.15, -0.1) is 0 Å². The number of unbranched alkanes of at least 4 members (excludes halogenated alkanes) is 19. The maximum atomic E-state index is 12.6. The Morgan fingerprint density at radius 1 is 0.604 bits per heavy atom. The standard InChI is InChI=1S/C40H75NO7/c1-6-8-10-12-14-16-17-18-19-20-21-23-25-27-29-31-39(43)48-36(34-46-33-32-37(40(44)45)41(3,4)5)35-47-38(42)30-28-26-24-22-15-13-11-9-7-2/h22,24,36-37H,6-21,23,25-35H2,1-5H3/p+1/b24-22+. The van der Waals surface area contributed by atoms with E-state index in [9.17, 15) is 19.5 Å². The third-order valence-electron chi connectivity index (χ3n) is 8.91. The van der Waals surface area contributed by atoms with Crippen LogP contribution < -0.4 is 0 Å². The largest absolute Gasteiger partial charge is 0.477 e. The van der Waals surface area contributed by atoms with Crippen LogP contribution >= 0.6 is 0 Å². The van der Waals surface area contributed by atoms with Gasteiger partial charge in [0.15, 0.2) is 12.1 Å². The van der Waals surface area contributed by atoms with Crippen molar-refractivity contribution in [1.29, 1.82) is 0 Å². The lowest BCUT2D eigenvalue weighted by molar-refractivity contribution is -0.887. The average molecular weight is 683 g/mol. The van der Waals surface area contributed by atoms with Crippen molar-refractivity contribution in [3.05, 3.63) is 12.2 Å². The molecule has 0 aromatic carbocycles. The molecule has 2 unspecified atom stereocenters. The number of likely N-dealkylation sites (N-methyl/N-ethyl adjacent to an activating group) is 1. The van der Waals surface area contributed by atoms with Gasteiger partial charge in [-0.25, -0.2) is 4.79 Å². The molecule has 0 fully saturated rings. The van der Waals surface area contributed by atoms with Crippen molar-refractivity contribution in [3.63, 3.8) is 0 Å². The van der Waals surface area contributed by atoms with Gasteiger partial charge in [-0.05, 0) is 32.1 Å². The first-order valence-electron chi connectivity index (χ1n) is 19.7. The van der Waals surface area contributed by atoms with E-state index in [-0.39, 0.29) is 36.2 Å². The van der Waals surface area contributed by atoms with E-state index in [4.69, 9.17) is 14.2 Å². The molecule has 8 nitrogen and oxygen atoms in total. The van der Waals surface area contributed by atoms with Crippen LogP contribution in [0.4, 0.5) is 0 Å². The molecule has 48 heavy (non-hydrogen) atoms. The Morgan fingerprint density at radius 3 is 1.56 bits per heavy atom. The molecule has 0 heterocycles. The SMILES string of the molecule is CCCCCC/C=C/CCCC(=O)OCC(COCCC(C(=O)O)[N+](C)(C)C)OC(=O)CCCCCCCCCCCCCCCCC. The fraction of sp³-hybridized carbons (Fsp3) is 0.875. The summed E-state index contributed by atoms with van der Waals surface area (Å²) in [6, 6.07) is -0.612. The van der Waals surface area contributed by atoms with Crippen LogP contribution in [0.5, 0.6) is 0 Å². The number of aliphatic carboxylic acids is 1. The number of carbonyl (C=O) groups excluding carboxylic acids is 2. The molecule has 0 radical (unpaired) electrons. The van der Waals surface area contributed by atoms with Crippen molar-refractivity contribution in [1.82, 2.24) is 0 Å². The predicted molar refractivity (Wildman–Crippen MR) is 197 cm³/mol. The van der Waals surface area contributed by atoms with Gasteiger partial charge in [0, 0.05) is 19.3 Å². The summed E-state index contributed by atoms with van der Waals surface area (Å²) < 4.78 is 17.2. The average Bonchev–Trinajstić information content (AvgIpc) is 3.03. The Morgan fingerprint density at radius 2 is 1.06 bits per heavy atom. The summed E-state index contributed by atoms with van der Waals surface area (Å²) in [5.74, 6) is -1.50. The number of carboxylic acids is 1. The highest BCUT2D eigenvalue weighted by Crippen LogP contribution is 2.15. The van der Waals surface area contributed by atoms with Crippen LogP contribution in [0, 0.1) is 0 Å². The number of carboxylic acid groups (broad SMARTS) is 1. The van der Waals surface area contributed by atoms with Gasteiger partial charge in [0.05, 0.1) is 34.4 Å². The van der Waals surface area contributed by atoms with E-state index in [1.165, 1.54) is 103 Å². The fourth-order valence-electron chi connectivity index (χ4n) is 5.80. The smallest absolute Gasteiger partial charge is 0.362 e. The Kier molecular flexibility index (Phi) is 31.0. The Labute approximate surface area is 295 Å². The third kappa shape index (κ3) is 30.2. The second-order valence-corrected chi connectivity index (χ2v) is 14.5. The van der Waals surface area contributed by atoms with Crippen LogP contribution in [0.3, 0.4) is 0 Å². The molecule has 0 aromatic rings. The zero-order chi connectivity index (χ0) is 35.7. The molecule has 0 saturated carbocycles. The summed E-state index contributed by atoms with van der Waals surface area (Å²) in [7, 11) is 5.51. The van der Waals surface area contributed by atoms with Crippen LogP contribution in [0.25, 0.3) is 0 Å². The van der Waals surface area contributed by atoms with Crippen LogP contribution in [0.2, 0.25) is 0 Å². The van der Waals surface area contributed by atoms with Crippen LogP contribution in [0.1, 0.15) is 174 Å². The highest BCUT2D eigenvalue weighted by Gasteiger charge is 2.31. The number of allylic oxidation sites excluding steroid dienone is 2. The number of hydrogen-bond acceptors (Lipinski definition) is 6. The number of esters is 2. The number of nitrogens with zero attached hydrogens (tertiary/aromatic N) is 1. The van der Waals surface area contributed by atoms with Gasteiger partial charge in [-0.1, -0.05) is 135 Å². The molecule has 0 amide bonds. The lowest BCUT2D eigenvalue weighted by Gasteiger charge is -2.31. The van der Waals surface area contributed by atoms with Gasteiger partial charge < -0.3 is 23.8 Å². The molecule has 282 valence electrons. The van der Waals surface area contributed by atoms with Crippen molar-refractivity contribution in [2.45, 2.75) is 187 Å². The molecular weight excluding hydrogens is 606 g/mol. The first-order valence-corrected chi connectivity index (χ1v) is 19.7. The van der Waals surface area contributed by atoms with E-state index in [2.05, 4.69) is 26.0 Å². The maximum Gasteiger partial charge on any atom is 0.362 e. The molecule has 0 aliphatic rings. The first-order chi connectivity index (χ1) is 23.1. The minimum Gasteiger partial charge on any atom is -0.477 e. The van der Waals surface area contributed by atoms with Crippen molar-refractivity contribution in [3.8, 4) is 0 Å². The minimum absolute atomic E-state index is 0.0577. The van der Waals surface area contributed by atoms with Gasteiger partial charge in [-0.2, -0.15) is 0 Å². The molecule has 1 N–H and O–H groups in total. The van der Waals surface area contributed by atoms with E-state index in [1.807, 2.05) is 21.1 Å². The Balaban J connectivity index is 4.38. The summed E-state index contributed by atoms with van der Waals surface area (Å²) in [6.07, 6.45) is 31.2. The molecule has 0 saturated heterocycles. The van der Waals surface area contributed by atoms with Crippen molar-refractivity contribution in [2.75, 3.05) is 41.0 Å². The van der Waals surface area contributed by atoms with Gasteiger partial charge in [0.25, 0.3) is 0 Å². The summed E-state index contributed by atoms with van der Waals surface area (Å²) in [5.41, 5.74) is 0. The normalized spacial score (nSPS) is 13.1. The Hall–Kier alpha value is -1.93. The lowest BCUT2D eigenvalue weighted by Crippen LogP contribution is -2.50. The second-order valence-electron chi connectivity index (χ2n) is 14.5. The summed E-state index contributed by atoms with van der Waals surface area (Å²) >= 11 is 0. The van der Waals surface area contributed by atoms with E-state index in [0.717, 1.165) is 32.1 Å². The number of quaternary nitrogens is 1. The zero-order valence-electron chi connectivity index (χ0n) is 32.0. The van der Waals surface area contributed by atoms with Crippen LogP contribution in [-0.4, -0.2) is 80.6 Å². The lowest BCUT2D eigenvalue weighted by atomic mass is 10.0. The summed E-state index contributed by atoms with van der Waals surface area (Å²) in [5, 5.41) is 9.57. The topological polar surface area (TPSA) is 99.1 Å². The quantitative estimate of drug-likeness (QED) is 0.0307. The Bertz CT molecular complexity index is 808. The monoisotopic (exact) mass is 683 g/mol. The second kappa shape index (κ2) is 32.3. The van der Waals surface area contributed by atoms with Crippen LogP contribution in [0.15, 0.2) is 12.2 Å². The predicted octanol–water partition coefficient (Wildman–Crippen LogP) is 9.97. The molecule has 8 heteroatoms. The summed E-state index contributed by atoms with van der Waals surface area (Å²) in [6.45, 7) is 4.68. The molecule has 2 atom stereocenters.